The Labute approximate surface area is 306 Å². The number of hydrogen-bond donors (Lipinski definition) is 0. The predicted molar refractivity (Wildman–Crippen MR) is 218 cm³/mol. The molecule has 1 aliphatic carbocycles. The molecule has 0 saturated heterocycles. The van der Waals surface area contributed by atoms with E-state index in [4.69, 9.17) is 14.7 Å². The fourth-order valence-corrected chi connectivity index (χ4v) is 8.51. The second-order valence-electron chi connectivity index (χ2n) is 14.1. The van der Waals surface area contributed by atoms with E-state index < -0.39 is 0 Å². The van der Waals surface area contributed by atoms with Gasteiger partial charge in [0.05, 0.1) is 0 Å². The Kier molecular flexibility index (Phi) is 6.68. The van der Waals surface area contributed by atoms with Crippen molar-refractivity contribution in [2.45, 2.75) is 12.0 Å². The Hall–Kier alpha value is -6.84. The van der Waals surface area contributed by atoms with Crippen molar-refractivity contribution in [3.8, 4) is 50.5 Å². The lowest BCUT2D eigenvalue weighted by molar-refractivity contribution is 0.288. The highest BCUT2D eigenvalue weighted by Gasteiger charge is 2.33. The minimum atomic E-state index is 0.0138. The Balaban J connectivity index is 0.939. The summed E-state index contributed by atoms with van der Waals surface area (Å²) in [5.74, 6) is 1.83. The molecule has 2 heterocycles. The van der Waals surface area contributed by atoms with Gasteiger partial charge in [0.15, 0.2) is 5.82 Å². The summed E-state index contributed by atoms with van der Waals surface area (Å²) in [6.45, 7) is 0. The third-order valence-corrected chi connectivity index (χ3v) is 11.1. The molecule has 2 unspecified atom stereocenters. The van der Waals surface area contributed by atoms with Crippen LogP contribution in [0, 0.1) is 0 Å². The van der Waals surface area contributed by atoms with Crippen molar-refractivity contribution in [3.63, 3.8) is 0 Å². The highest BCUT2D eigenvalue weighted by molar-refractivity contribution is 6.21. The van der Waals surface area contributed by atoms with E-state index in [1.807, 2.05) is 12.4 Å². The zero-order chi connectivity index (χ0) is 34.9. The predicted octanol–water partition coefficient (Wildman–Crippen LogP) is 10.7. The topological polar surface area (TPSA) is 35.0 Å². The zero-order valence-corrected chi connectivity index (χ0v) is 28.8. The molecule has 0 N–H and O–H groups in total. The molecule has 248 valence electrons. The Morgan fingerprint density at radius 2 is 0.962 bits per heavy atom. The standard InChI is InChI=1S/C50H32N2O/c1-2-10-34-25-37(22-19-31(34)9-1)49-42-15-7-5-13-40(42)48(41-14-6-8-16-43(41)49)33-20-17-32(18-21-33)39-29-51-50(52-30-39)38-23-24-46-44(27-38)45-26-35-11-3-4-12-36(35)28-47(45)53-46/h1-30,45,47H. The van der Waals surface area contributed by atoms with Gasteiger partial charge in [0.25, 0.3) is 0 Å². The van der Waals surface area contributed by atoms with Gasteiger partial charge in [-0.3, -0.25) is 0 Å². The van der Waals surface area contributed by atoms with Crippen molar-refractivity contribution in [1.82, 2.24) is 9.97 Å². The summed E-state index contributed by atoms with van der Waals surface area (Å²) in [4.78, 5) is 9.68. The maximum Gasteiger partial charge on any atom is 0.159 e. The van der Waals surface area contributed by atoms with Crippen LogP contribution in [0.5, 0.6) is 5.75 Å². The molecule has 0 saturated carbocycles. The van der Waals surface area contributed by atoms with Crippen LogP contribution in [0.15, 0.2) is 170 Å². The monoisotopic (exact) mass is 676 g/mol. The fraction of sp³-hybridized carbons (Fsp3) is 0.0400. The highest BCUT2D eigenvalue weighted by Crippen LogP contribution is 2.45. The van der Waals surface area contributed by atoms with Crippen molar-refractivity contribution in [2.24, 2.45) is 0 Å². The number of ether oxygens (including phenoxy) is 1. The summed E-state index contributed by atoms with van der Waals surface area (Å²) in [5, 5.41) is 9.97. The summed E-state index contributed by atoms with van der Waals surface area (Å²) in [6.07, 6.45) is 8.45. The molecule has 3 heteroatoms. The van der Waals surface area contributed by atoms with Gasteiger partial charge in [0.2, 0.25) is 0 Å². The summed E-state index contributed by atoms with van der Waals surface area (Å²) in [7, 11) is 0. The maximum atomic E-state index is 6.34. The van der Waals surface area contributed by atoms with Gasteiger partial charge in [-0.25, -0.2) is 9.97 Å². The Morgan fingerprint density at radius 1 is 0.415 bits per heavy atom. The van der Waals surface area contributed by atoms with E-state index in [0.29, 0.717) is 5.82 Å². The van der Waals surface area contributed by atoms with Crippen LogP contribution in [0.2, 0.25) is 0 Å². The van der Waals surface area contributed by atoms with Crippen LogP contribution >= 0.6 is 0 Å². The third kappa shape index (κ3) is 4.89. The molecule has 2 aliphatic rings. The molecule has 0 amide bonds. The van der Waals surface area contributed by atoms with Crippen molar-refractivity contribution in [3.05, 3.63) is 186 Å². The summed E-state index contributed by atoms with van der Waals surface area (Å²) >= 11 is 0. The first-order valence-electron chi connectivity index (χ1n) is 18.2. The minimum absolute atomic E-state index is 0.0138. The number of rotatable bonds is 4. The molecular formula is C50H32N2O. The summed E-state index contributed by atoms with van der Waals surface area (Å²) in [5.41, 5.74) is 9.18. The SMILES string of the molecule is C1=c2ccccc2=CC2c3cc(-c4ncc(-c5ccc(-c6c7ccccc7c(-c7ccc8ccccc8c7)c7ccccc67)cc5)cn4)ccc3OC12. The molecule has 1 aromatic heterocycles. The van der Waals surface area contributed by atoms with E-state index >= 15 is 0 Å². The van der Waals surface area contributed by atoms with Gasteiger partial charge in [0, 0.05) is 35.0 Å². The van der Waals surface area contributed by atoms with Crippen LogP contribution in [0.25, 0.3) is 89.2 Å². The molecule has 9 aromatic rings. The molecule has 3 nitrogen and oxygen atoms in total. The Morgan fingerprint density at radius 3 is 1.66 bits per heavy atom. The smallest absolute Gasteiger partial charge is 0.159 e. The van der Waals surface area contributed by atoms with Gasteiger partial charge in [0.1, 0.15) is 11.9 Å². The van der Waals surface area contributed by atoms with Gasteiger partial charge in [-0.05, 0) is 101 Å². The minimum Gasteiger partial charge on any atom is -0.485 e. The van der Waals surface area contributed by atoms with E-state index in [1.54, 1.807) is 0 Å². The van der Waals surface area contributed by atoms with Gasteiger partial charge in [-0.15, -0.1) is 0 Å². The van der Waals surface area contributed by atoms with Crippen LogP contribution < -0.4 is 15.2 Å². The molecule has 11 rings (SSSR count). The normalized spacial score (nSPS) is 15.6. The van der Waals surface area contributed by atoms with Crippen molar-refractivity contribution in [2.75, 3.05) is 0 Å². The van der Waals surface area contributed by atoms with Crippen LogP contribution in [0.4, 0.5) is 0 Å². The first-order valence-corrected chi connectivity index (χ1v) is 18.2. The second-order valence-corrected chi connectivity index (χ2v) is 14.1. The molecule has 0 fully saturated rings. The van der Waals surface area contributed by atoms with Gasteiger partial charge in [-0.2, -0.15) is 0 Å². The van der Waals surface area contributed by atoms with E-state index in [2.05, 4.69) is 170 Å². The summed E-state index contributed by atoms with van der Waals surface area (Å²) in [6, 6.07) is 56.7. The molecule has 1 aliphatic heterocycles. The lowest BCUT2D eigenvalue weighted by Crippen LogP contribution is -2.34. The average Bonchev–Trinajstić information content (AvgIpc) is 3.58. The second kappa shape index (κ2) is 11.9. The molecule has 0 radical (unpaired) electrons. The van der Waals surface area contributed by atoms with Crippen LogP contribution in [0.3, 0.4) is 0 Å². The van der Waals surface area contributed by atoms with E-state index in [-0.39, 0.29) is 12.0 Å². The molecule has 53 heavy (non-hydrogen) atoms. The number of hydrogen-bond acceptors (Lipinski definition) is 3. The van der Waals surface area contributed by atoms with Gasteiger partial charge < -0.3 is 4.74 Å². The largest absolute Gasteiger partial charge is 0.485 e. The molecule has 0 spiro atoms. The van der Waals surface area contributed by atoms with E-state index in [0.717, 1.165) is 22.4 Å². The lowest BCUT2D eigenvalue weighted by Gasteiger charge is -2.18. The summed E-state index contributed by atoms with van der Waals surface area (Å²) < 4.78 is 6.34. The van der Waals surface area contributed by atoms with E-state index in [1.165, 1.54) is 70.6 Å². The molecule has 2 atom stereocenters. The van der Waals surface area contributed by atoms with E-state index in [9.17, 15) is 0 Å². The lowest BCUT2D eigenvalue weighted by atomic mass is 9.85. The Bertz CT molecular complexity index is 2980. The van der Waals surface area contributed by atoms with Crippen LogP contribution in [-0.4, -0.2) is 16.1 Å². The zero-order valence-electron chi connectivity index (χ0n) is 28.8. The first kappa shape index (κ1) is 29.8. The van der Waals surface area contributed by atoms with Crippen molar-refractivity contribution in [1.29, 1.82) is 0 Å². The van der Waals surface area contributed by atoms with Crippen LogP contribution in [0.1, 0.15) is 11.5 Å². The maximum absolute atomic E-state index is 6.34. The molecule has 8 aromatic carbocycles. The first-order chi connectivity index (χ1) is 26.2. The third-order valence-electron chi connectivity index (χ3n) is 11.1. The number of benzene rings is 8. The average molecular weight is 677 g/mol. The van der Waals surface area contributed by atoms with Gasteiger partial charge >= 0.3 is 0 Å². The molecular weight excluding hydrogens is 645 g/mol. The fourth-order valence-electron chi connectivity index (χ4n) is 8.51. The number of aromatic nitrogens is 2. The number of fused-ring (bicyclic) bond motifs is 7. The van der Waals surface area contributed by atoms with Gasteiger partial charge in [-0.1, -0.05) is 140 Å². The van der Waals surface area contributed by atoms with Crippen molar-refractivity contribution < 1.29 is 4.74 Å². The van der Waals surface area contributed by atoms with Crippen molar-refractivity contribution >= 4 is 44.5 Å². The number of nitrogens with zero attached hydrogens (tertiary/aromatic N) is 2. The quantitative estimate of drug-likeness (QED) is 0.174. The van der Waals surface area contributed by atoms with Crippen LogP contribution in [-0.2, 0) is 0 Å². The molecule has 0 bridgehead atoms. The highest BCUT2D eigenvalue weighted by atomic mass is 16.5.